The SMILES string of the molecule is N#CCC(=O)Nc1ccc(C(=O)NCC(=O)O)cc1. The third-order valence-corrected chi connectivity index (χ3v) is 2.07. The maximum Gasteiger partial charge on any atom is 0.322 e. The maximum absolute atomic E-state index is 11.5. The molecule has 0 heterocycles. The summed E-state index contributed by atoms with van der Waals surface area (Å²) in [4.78, 5) is 32.9. The number of nitrogens with one attached hydrogen (secondary N) is 2. The molecule has 0 unspecified atom stereocenters. The van der Waals surface area contributed by atoms with Crippen LogP contribution in [0.1, 0.15) is 16.8 Å². The zero-order chi connectivity index (χ0) is 14.3. The molecule has 0 radical (unpaired) electrons. The van der Waals surface area contributed by atoms with Gasteiger partial charge in [-0.1, -0.05) is 0 Å². The minimum Gasteiger partial charge on any atom is -0.480 e. The average Bonchev–Trinajstić information content (AvgIpc) is 2.37. The molecule has 0 atom stereocenters. The molecule has 0 spiro atoms. The quantitative estimate of drug-likeness (QED) is 0.706. The lowest BCUT2D eigenvalue weighted by Crippen LogP contribution is -2.29. The molecular formula is C12H11N3O4. The number of carbonyl (C=O) groups excluding carboxylic acids is 2. The highest BCUT2D eigenvalue weighted by molar-refractivity contribution is 5.97. The van der Waals surface area contributed by atoms with Gasteiger partial charge in [-0.25, -0.2) is 0 Å². The molecule has 0 saturated carbocycles. The number of rotatable bonds is 5. The fourth-order valence-electron chi connectivity index (χ4n) is 1.24. The van der Waals surface area contributed by atoms with Crippen molar-refractivity contribution in [2.45, 2.75) is 6.42 Å². The molecular weight excluding hydrogens is 250 g/mol. The van der Waals surface area contributed by atoms with E-state index < -0.39 is 24.3 Å². The summed E-state index contributed by atoms with van der Waals surface area (Å²) in [7, 11) is 0. The van der Waals surface area contributed by atoms with E-state index in [0.717, 1.165) is 0 Å². The molecule has 0 aliphatic heterocycles. The molecule has 0 aliphatic rings. The molecule has 0 aromatic heterocycles. The fourth-order valence-corrected chi connectivity index (χ4v) is 1.24. The van der Waals surface area contributed by atoms with E-state index in [2.05, 4.69) is 10.6 Å². The van der Waals surface area contributed by atoms with Crippen molar-refractivity contribution < 1.29 is 19.5 Å². The predicted octanol–water partition coefficient (Wildman–Crippen LogP) is 0.353. The van der Waals surface area contributed by atoms with Crippen molar-refractivity contribution in [1.82, 2.24) is 5.32 Å². The number of anilines is 1. The molecule has 0 bridgehead atoms. The highest BCUT2D eigenvalue weighted by atomic mass is 16.4. The van der Waals surface area contributed by atoms with Crippen LogP contribution < -0.4 is 10.6 Å². The molecule has 1 aromatic carbocycles. The Bertz CT molecular complexity index is 531. The molecule has 19 heavy (non-hydrogen) atoms. The zero-order valence-corrected chi connectivity index (χ0v) is 9.84. The lowest BCUT2D eigenvalue weighted by molar-refractivity contribution is -0.135. The number of hydrogen-bond acceptors (Lipinski definition) is 4. The molecule has 2 amide bonds. The second-order valence-corrected chi connectivity index (χ2v) is 3.54. The van der Waals surface area contributed by atoms with Crippen LogP contribution in [-0.4, -0.2) is 29.4 Å². The number of carboxylic acids is 1. The maximum atomic E-state index is 11.5. The summed E-state index contributed by atoms with van der Waals surface area (Å²) >= 11 is 0. The number of amides is 2. The first-order valence-electron chi connectivity index (χ1n) is 5.30. The standard InChI is InChI=1S/C12H11N3O4/c13-6-5-10(16)15-9-3-1-8(2-4-9)12(19)14-7-11(17)18/h1-4H,5,7H2,(H,14,19)(H,15,16)(H,17,18). The van der Waals surface area contributed by atoms with Gasteiger partial charge in [0.25, 0.3) is 5.91 Å². The molecule has 3 N–H and O–H groups in total. The van der Waals surface area contributed by atoms with E-state index in [9.17, 15) is 14.4 Å². The van der Waals surface area contributed by atoms with Gasteiger partial charge in [-0.05, 0) is 24.3 Å². The van der Waals surface area contributed by atoms with Gasteiger partial charge >= 0.3 is 5.97 Å². The summed E-state index contributed by atoms with van der Waals surface area (Å²) in [5, 5.41) is 21.4. The number of hydrogen-bond donors (Lipinski definition) is 3. The van der Waals surface area contributed by atoms with Crippen LogP contribution in [0.4, 0.5) is 5.69 Å². The van der Waals surface area contributed by atoms with Gasteiger partial charge in [-0.2, -0.15) is 5.26 Å². The summed E-state index contributed by atoms with van der Waals surface area (Å²) < 4.78 is 0. The number of nitrogens with zero attached hydrogens (tertiary/aromatic N) is 1. The van der Waals surface area contributed by atoms with Crippen molar-refractivity contribution in [3.63, 3.8) is 0 Å². The van der Waals surface area contributed by atoms with Crippen LogP contribution in [0.3, 0.4) is 0 Å². The fraction of sp³-hybridized carbons (Fsp3) is 0.167. The first-order valence-corrected chi connectivity index (χ1v) is 5.30. The minimum absolute atomic E-state index is 0.249. The van der Waals surface area contributed by atoms with Crippen LogP contribution in [0.5, 0.6) is 0 Å². The molecule has 7 heteroatoms. The first-order chi connectivity index (χ1) is 9.02. The number of carboxylic acid groups (broad SMARTS) is 1. The Morgan fingerprint density at radius 1 is 1.21 bits per heavy atom. The molecule has 0 saturated heterocycles. The Balaban J connectivity index is 2.61. The third kappa shape index (κ3) is 4.87. The van der Waals surface area contributed by atoms with Gasteiger partial charge in [0.2, 0.25) is 5.91 Å². The van der Waals surface area contributed by atoms with Crippen molar-refractivity contribution >= 4 is 23.5 Å². The van der Waals surface area contributed by atoms with Crippen molar-refractivity contribution in [3.8, 4) is 6.07 Å². The second-order valence-electron chi connectivity index (χ2n) is 3.54. The van der Waals surface area contributed by atoms with Crippen LogP contribution in [-0.2, 0) is 9.59 Å². The molecule has 0 fully saturated rings. The Morgan fingerprint density at radius 2 is 1.84 bits per heavy atom. The van der Waals surface area contributed by atoms with Gasteiger partial charge in [0.1, 0.15) is 13.0 Å². The van der Waals surface area contributed by atoms with E-state index in [1.165, 1.54) is 24.3 Å². The van der Waals surface area contributed by atoms with Gasteiger partial charge in [-0.3, -0.25) is 14.4 Å². The van der Waals surface area contributed by atoms with Gasteiger partial charge in [0, 0.05) is 11.3 Å². The van der Waals surface area contributed by atoms with Gasteiger partial charge in [0.15, 0.2) is 0 Å². The Kier molecular flexibility index (Phi) is 5.04. The van der Waals surface area contributed by atoms with Crippen LogP contribution in [0.2, 0.25) is 0 Å². The van der Waals surface area contributed by atoms with Crippen LogP contribution in [0.15, 0.2) is 24.3 Å². The van der Waals surface area contributed by atoms with Crippen molar-refractivity contribution in [2.24, 2.45) is 0 Å². The largest absolute Gasteiger partial charge is 0.480 e. The van der Waals surface area contributed by atoms with E-state index in [1.54, 1.807) is 6.07 Å². The molecule has 1 aromatic rings. The van der Waals surface area contributed by atoms with E-state index in [1.807, 2.05) is 0 Å². The molecule has 7 nitrogen and oxygen atoms in total. The normalized spacial score (nSPS) is 9.21. The van der Waals surface area contributed by atoms with Gasteiger partial charge < -0.3 is 15.7 Å². The zero-order valence-electron chi connectivity index (χ0n) is 9.84. The van der Waals surface area contributed by atoms with Crippen molar-refractivity contribution in [1.29, 1.82) is 5.26 Å². The van der Waals surface area contributed by atoms with Crippen LogP contribution in [0.25, 0.3) is 0 Å². The summed E-state index contributed by atoms with van der Waals surface area (Å²) in [5.41, 5.74) is 0.731. The number of carbonyl (C=O) groups is 3. The molecule has 0 aliphatic carbocycles. The van der Waals surface area contributed by atoms with E-state index in [4.69, 9.17) is 10.4 Å². The smallest absolute Gasteiger partial charge is 0.322 e. The number of nitriles is 1. The summed E-state index contributed by atoms with van der Waals surface area (Å²) in [6.07, 6.45) is -0.249. The third-order valence-electron chi connectivity index (χ3n) is 2.07. The first kappa shape index (κ1) is 14.2. The highest BCUT2D eigenvalue weighted by Crippen LogP contribution is 2.09. The monoisotopic (exact) mass is 261 g/mol. The van der Waals surface area contributed by atoms with Gasteiger partial charge in [-0.15, -0.1) is 0 Å². The average molecular weight is 261 g/mol. The molecule has 98 valence electrons. The van der Waals surface area contributed by atoms with E-state index >= 15 is 0 Å². The van der Waals surface area contributed by atoms with E-state index in [-0.39, 0.29) is 12.0 Å². The van der Waals surface area contributed by atoms with Crippen molar-refractivity contribution in [2.75, 3.05) is 11.9 Å². The topological polar surface area (TPSA) is 119 Å². The van der Waals surface area contributed by atoms with E-state index in [0.29, 0.717) is 5.69 Å². The number of benzene rings is 1. The number of aliphatic carboxylic acids is 1. The lowest BCUT2D eigenvalue weighted by atomic mass is 10.2. The van der Waals surface area contributed by atoms with Crippen LogP contribution >= 0.6 is 0 Å². The Labute approximate surface area is 108 Å². The van der Waals surface area contributed by atoms with Crippen LogP contribution in [0, 0.1) is 11.3 Å². The lowest BCUT2D eigenvalue weighted by Gasteiger charge is -2.05. The Morgan fingerprint density at radius 3 is 2.37 bits per heavy atom. The second kappa shape index (κ2) is 6.76. The minimum atomic E-state index is -1.13. The Hall–Kier alpha value is -2.88. The summed E-state index contributed by atoms with van der Waals surface area (Å²) in [6, 6.07) is 7.58. The summed E-state index contributed by atoms with van der Waals surface area (Å²) in [6.45, 7) is -0.459. The molecule has 1 rings (SSSR count). The van der Waals surface area contributed by atoms with Crippen molar-refractivity contribution in [3.05, 3.63) is 29.8 Å². The predicted molar refractivity (Wildman–Crippen MR) is 65.3 cm³/mol. The highest BCUT2D eigenvalue weighted by Gasteiger charge is 2.07. The van der Waals surface area contributed by atoms with Gasteiger partial charge in [0.05, 0.1) is 6.07 Å². The summed E-state index contributed by atoms with van der Waals surface area (Å²) in [5.74, 6) is -2.09.